The van der Waals surface area contributed by atoms with Crippen LogP contribution in [0.1, 0.15) is 12.6 Å². The molecule has 10 heteroatoms. The highest BCUT2D eigenvalue weighted by Crippen LogP contribution is 2.37. The van der Waals surface area contributed by atoms with Crippen molar-refractivity contribution in [2.24, 2.45) is 0 Å². The summed E-state index contributed by atoms with van der Waals surface area (Å²) in [6.45, 7) is 2.14. The van der Waals surface area contributed by atoms with Crippen LogP contribution in [-0.4, -0.2) is 24.5 Å². The number of pyridine rings is 1. The Labute approximate surface area is 131 Å². The van der Waals surface area contributed by atoms with Crippen molar-refractivity contribution in [1.29, 1.82) is 0 Å². The van der Waals surface area contributed by atoms with Gasteiger partial charge in [-0.25, -0.2) is 14.8 Å². The molecule has 0 atom stereocenters. The van der Waals surface area contributed by atoms with E-state index in [1.165, 1.54) is 22.9 Å². The van der Waals surface area contributed by atoms with E-state index in [4.69, 9.17) is 0 Å². The average molecular weight is 341 g/mol. The first-order valence-electron chi connectivity index (χ1n) is 6.55. The largest absolute Gasteiger partial charge is 0.434 e. The van der Waals surface area contributed by atoms with Gasteiger partial charge in [-0.05, 0) is 19.1 Å². The number of aryl methyl sites for hydroxylation is 1. The van der Waals surface area contributed by atoms with Crippen LogP contribution in [0.25, 0.3) is 11.3 Å². The average Bonchev–Trinajstić information content (AvgIpc) is 2.81. The smallest absolute Gasteiger partial charge is 0.289 e. The number of imidazole rings is 1. The summed E-state index contributed by atoms with van der Waals surface area (Å²) in [6, 6.07) is 2.73. The van der Waals surface area contributed by atoms with E-state index < -0.39 is 11.9 Å². The van der Waals surface area contributed by atoms with Gasteiger partial charge in [-0.2, -0.15) is 13.2 Å². The lowest BCUT2D eigenvalue weighted by atomic mass is 10.3. The summed E-state index contributed by atoms with van der Waals surface area (Å²) in [6.07, 6.45) is -2.15. The Morgan fingerprint density at radius 2 is 2.13 bits per heavy atom. The quantitative estimate of drug-likeness (QED) is 0.793. The zero-order valence-corrected chi connectivity index (χ0v) is 12.6. The minimum Gasteiger partial charge on any atom is -0.289 e. The molecule has 0 aromatic carbocycles. The normalized spacial score (nSPS) is 12.0. The van der Waals surface area contributed by atoms with E-state index in [1.54, 1.807) is 6.92 Å². The lowest BCUT2D eigenvalue weighted by Crippen LogP contribution is -2.15. The Hall–Kier alpha value is -2.36. The highest BCUT2D eigenvalue weighted by atomic mass is 32.2. The number of nitrogens with one attached hydrogen (secondary N) is 1. The van der Waals surface area contributed by atoms with Gasteiger partial charge in [0.05, 0.1) is 6.20 Å². The predicted octanol–water partition coefficient (Wildman–Crippen LogP) is 2.70. The number of rotatable bonds is 3. The maximum absolute atomic E-state index is 13.0. The van der Waals surface area contributed by atoms with Crippen LogP contribution >= 0.6 is 11.8 Å². The molecule has 120 valence electrons. The second-order valence-electron chi connectivity index (χ2n) is 4.50. The van der Waals surface area contributed by atoms with E-state index >= 15 is 0 Å². The van der Waals surface area contributed by atoms with Crippen molar-refractivity contribution >= 4 is 23.1 Å². The molecule has 0 amide bonds. The molecular formula is C13H10F3N5OS. The van der Waals surface area contributed by atoms with E-state index in [-0.39, 0.29) is 15.6 Å². The molecule has 1 N–H and O–H groups in total. The summed E-state index contributed by atoms with van der Waals surface area (Å²) in [4.78, 5) is 25.8. The van der Waals surface area contributed by atoms with Crippen LogP contribution in [-0.2, 0) is 12.7 Å². The molecular weight excluding hydrogens is 331 g/mol. The first-order chi connectivity index (χ1) is 10.9. The van der Waals surface area contributed by atoms with Crippen LogP contribution in [0.3, 0.4) is 0 Å². The Bertz CT molecular complexity index is 918. The van der Waals surface area contributed by atoms with Crippen LogP contribution in [0.5, 0.6) is 0 Å². The third-order valence-corrected chi connectivity index (χ3v) is 3.98. The minimum atomic E-state index is -4.55. The van der Waals surface area contributed by atoms with E-state index in [0.717, 1.165) is 18.0 Å². The second kappa shape index (κ2) is 5.69. The molecule has 0 saturated carbocycles. The summed E-state index contributed by atoms with van der Waals surface area (Å²) >= 11 is 0.799. The topological polar surface area (TPSA) is 76.5 Å². The molecule has 0 radical (unpaired) electrons. The molecule has 0 unspecified atom stereocenters. The number of alkyl halides is 3. The number of fused-ring (bicyclic) bond motifs is 1. The summed E-state index contributed by atoms with van der Waals surface area (Å²) in [7, 11) is 0. The molecule has 0 aliphatic carbocycles. The maximum Gasteiger partial charge on any atom is 0.434 e. The van der Waals surface area contributed by atoms with E-state index in [1.807, 2.05) is 0 Å². The van der Waals surface area contributed by atoms with Crippen molar-refractivity contribution < 1.29 is 13.2 Å². The molecule has 0 aliphatic heterocycles. The summed E-state index contributed by atoms with van der Waals surface area (Å²) < 4.78 is 40.3. The Balaban J connectivity index is 2.04. The van der Waals surface area contributed by atoms with Crippen molar-refractivity contribution in [1.82, 2.24) is 24.5 Å². The highest BCUT2D eigenvalue weighted by Gasteiger charge is 2.35. The van der Waals surface area contributed by atoms with E-state index in [9.17, 15) is 18.0 Å². The monoisotopic (exact) mass is 341 g/mol. The van der Waals surface area contributed by atoms with E-state index in [2.05, 4.69) is 19.9 Å². The SMILES string of the molecule is CCn1c(=O)[nH]c2ncc(Sc3cccnc3C(F)(F)F)nc21. The fourth-order valence-corrected chi connectivity index (χ4v) is 2.92. The van der Waals surface area contributed by atoms with Crippen molar-refractivity contribution in [3.05, 3.63) is 40.7 Å². The summed E-state index contributed by atoms with van der Waals surface area (Å²) in [5, 5.41) is 0.247. The lowest BCUT2D eigenvalue weighted by Gasteiger charge is -2.10. The van der Waals surface area contributed by atoms with Crippen LogP contribution in [0.4, 0.5) is 13.2 Å². The fourth-order valence-electron chi connectivity index (χ4n) is 2.05. The van der Waals surface area contributed by atoms with Crippen molar-refractivity contribution in [2.75, 3.05) is 0 Å². The van der Waals surface area contributed by atoms with Gasteiger partial charge in [0.1, 0.15) is 5.03 Å². The third-order valence-electron chi connectivity index (χ3n) is 3.03. The van der Waals surface area contributed by atoms with Gasteiger partial charge in [0.25, 0.3) is 0 Å². The summed E-state index contributed by atoms with van der Waals surface area (Å²) in [5.74, 6) is 0. The Morgan fingerprint density at radius 3 is 2.83 bits per heavy atom. The molecule has 3 rings (SSSR count). The van der Waals surface area contributed by atoms with Crippen molar-refractivity contribution in [3.8, 4) is 0 Å². The highest BCUT2D eigenvalue weighted by molar-refractivity contribution is 7.99. The second-order valence-corrected chi connectivity index (χ2v) is 5.57. The van der Waals surface area contributed by atoms with Crippen LogP contribution in [0.2, 0.25) is 0 Å². The van der Waals surface area contributed by atoms with Crippen molar-refractivity contribution in [2.45, 2.75) is 29.6 Å². The molecule has 3 heterocycles. The molecule has 0 bridgehead atoms. The zero-order valence-electron chi connectivity index (χ0n) is 11.8. The van der Waals surface area contributed by atoms with Crippen LogP contribution < -0.4 is 5.69 Å². The van der Waals surface area contributed by atoms with Crippen molar-refractivity contribution in [3.63, 3.8) is 0 Å². The van der Waals surface area contributed by atoms with Crippen LogP contribution in [0, 0.1) is 0 Å². The number of nitrogens with zero attached hydrogens (tertiary/aromatic N) is 4. The lowest BCUT2D eigenvalue weighted by molar-refractivity contribution is -0.143. The standard InChI is InChI=1S/C13H10F3N5OS/c1-2-21-11-10(20-12(21)22)18-6-8(19-11)23-7-4-3-5-17-9(7)13(14,15)16/h3-6H,2H2,1H3,(H,18,20,22). The molecule has 0 aliphatic rings. The van der Waals surface area contributed by atoms with Gasteiger partial charge in [0.15, 0.2) is 17.0 Å². The molecule has 0 fully saturated rings. The minimum absolute atomic E-state index is 0.0745. The number of H-pyrrole nitrogens is 1. The number of aromatic nitrogens is 5. The molecule has 23 heavy (non-hydrogen) atoms. The number of hydrogen-bond donors (Lipinski definition) is 1. The third kappa shape index (κ3) is 2.93. The maximum atomic E-state index is 13.0. The molecule has 0 saturated heterocycles. The fraction of sp³-hybridized carbons (Fsp3) is 0.231. The summed E-state index contributed by atoms with van der Waals surface area (Å²) in [5.41, 5.74) is -0.737. The predicted molar refractivity (Wildman–Crippen MR) is 77.2 cm³/mol. The zero-order chi connectivity index (χ0) is 16.6. The van der Waals surface area contributed by atoms with Gasteiger partial charge in [-0.15, -0.1) is 0 Å². The van der Waals surface area contributed by atoms with E-state index in [0.29, 0.717) is 17.8 Å². The molecule has 3 aromatic rings. The Kier molecular flexibility index (Phi) is 3.84. The number of aromatic amines is 1. The van der Waals surface area contributed by atoms with Gasteiger partial charge in [0, 0.05) is 17.6 Å². The number of halogens is 3. The first kappa shape index (κ1) is 15.5. The van der Waals surface area contributed by atoms with Gasteiger partial charge in [-0.3, -0.25) is 14.5 Å². The molecule has 3 aromatic heterocycles. The first-order valence-corrected chi connectivity index (χ1v) is 7.37. The number of hydrogen-bond acceptors (Lipinski definition) is 5. The van der Waals surface area contributed by atoms with Gasteiger partial charge < -0.3 is 0 Å². The van der Waals surface area contributed by atoms with Crippen LogP contribution in [0.15, 0.2) is 39.2 Å². The molecule has 0 spiro atoms. The Morgan fingerprint density at radius 1 is 1.35 bits per heavy atom. The van der Waals surface area contributed by atoms with Gasteiger partial charge in [-0.1, -0.05) is 11.8 Å². The van der Waals surface area contributed by atoms with Gasteiger partial charge >= 0.3 is 11.9 Å². The van der Waals surface area contributed by atoms with Gasteiger partial charge in [0.2, 0.25) is 0 Å². The molecule has 6 nitrogen and oxygen atoms in total.